The fraction of sp³-hybridized carbons (Fsp3) is 0.545. The van der Waals surface area contributed by atoms with Gasteiger partial charge in [0.25, 0.3) is 17.7 Å². The van der Waals surface area contributed by atoms with Crippen molar-refractivity contribution >= 4 is 23.8 Å². The molecule has 0 atom stereocenters. The summed E-state index contributed by atoms with van der Waals surface area (Å²) < 4.78 is 0. The van der Waals surface area contributed by atoms with Crippen LogP contribution < -0.4 is 16.2 Å². The Morgan fingerprint density at radius 2 is 1.77 bits per heavy atom. The van der Waals surface area contributed by atoms with E-state index in [2.05, 4.69) is 36.9 Å². The largest absolute Gasteiger partial charge is 0.325 e. The maximum absolute atomic E-state index is 13.0. The average molecular weight is 415 g/mol. The Morgan fingerprint density at radius 3 is 2.37 bits per heavy atom. The zero-order chi connectivity index (χ0) is 21.9. The van der Waals surface area contributed by atoms with Crippen molar-refractivity contribution in [3.05, 3.63) is 35.9 Å². The van der Waals surface area contributed by atoms with Gasteiger partial charge in [0.05, 0.1) is 0 Å². The summed E-state index contributed by atoms with van der Waals surface area (Å²) in [6, 6.07) is 7.86. The molecule has 2 fully saturated rings. The Hall–Kier alpha value is -2.90. The number of nitrogens with one attached hydrogen (secondary N) is 3. The summed E-state index contributed by atoms with van der Waals surface area (Å²) in [6.07, 6.45) is 3.94. The van der Waals surface area contributed by atoms with Gasteiger partial charge in [0.15, 0.2) is 0 Å². The third kappa shape index (κ3) is 4.32. The molecule has 1 aromatic rings. The Morgan fingerprint density at radius 1 is 1.13 bits per heavy atom. The molecule has 1 saturated heterocycles. The van der Waals surface area contributed by atoms with E-state index in [1.807, 2.05) is 0 Å². The third-order valence-corrected chi connectivity index (χ3v) is 6.75. The molecule has 1 aliphatic heterocycles. The lowest BCUT2D eigenvalue weighted by atomic mass is 9.65. The molecule has 3 N–H and O–H groups in total. The van der Waals surface area contributed by atoms with E-state index in [9.17, 15) is 19.2 Å². The molecule has 8 nitrogen and oxygen atoms in total. The van der Waals surface area contributed by atoms with Gasteiger partial charge in [-0.15, -0.1) is 0 Å². The fourth-order valence-corrected chi connectivity index (χ4v) is 4.31. The molecule has 30 heavy (non-hydrogen) atoms. The van der Waals surface area contributed by atoms with Crippen molar-refractivity contribution in [2.75, 3.05) is 6.54 Å². The second-order valence-electron chi connectivity index (χ2n) is 8.89. The van der Waals surface area contributed by atoms with Gasteiger partial charge in [-0.2, -0.15) is 0 Å². The van der Waals surface area contributed by atoms with E-state index >= 15 is 0 Å². The van der Waals surface area contributed by atoms with Crippen LogP contribution in [0.3, 0.4) is 0 Å². The van der Waals surface area contributed by atoms with Crippen molar-refractivity contribution in [2.45, 2.75) is 58.4 Å². The summed E-state index contributed by atoms with van der Waals surface area (Å²) >= 11 is 0. The minimum Gasteiger partial charge on any atom is -0.323 e. The van der Waals surface area contributed by atoms with Crippen LogP contribution in [-0.4, -0.2) is 40.7 Å². The number of hydrogen-bond donors (Lipinski definition) is 3. The first-order valence-corrected chi connectivity index (χ1v) is 10.5. The molecule has 1 aliphatic carbocycles. The van der Waals surface area contributed by atoms with E-state index in [4.69, 9.17) is 0 Å². The minimum absolute atomic E-state index is 0.198. The fourth-order valence-electron chi connectivity index (χ4n) is 4.31. The van der Waals surface area contributed by atoms with Crippen molar-refractivity contribution in [2.24, 2.45) is 11.3 Å². The standard InChI is InChI=1S/C22H30N4O4/c1-4-21(2,3)16-10-12-22(13-11-16)19(29)26(20(30)23-22)14-17(27)24-25-18(28)15-8-6-5-7-9-15/h5-9,16H,4,10-14H2,1-3H3,(H,23,30)(H,24,27)(H,25,28). The first-order valence-electron chi connectivity index (χ1n) is 10.5. The van der Waals surface area contributed by atoms with Crippen LogP contribution in [0.25, 0.3) is 0 Å². The van der Waals surface area contributed by atoms with Gasteiger partial charge in [-0.3, -0.25) is 30.1 Å². The van der Waals surface area contributed by atoms with Crippen molar-refractivity contribution in [3.8, 4) is 0 Å². The highest BCUT2D eigenvalue weighted by Crippen LogP contribution is 2.45. The van der Waals surface area contributed by atoms with Crippen molar-refractivity contribution < 1.29 is 19.2 Å². The zero-order valence-electron chi connectivity index (χ0n) is 17.8. The molecule has 0 aromatic heterocycles. The second-order valence-corrected chi connectivity index (χ2v) is 8.89. The molecule has 1 aromatic carbocycles. The number of carbonyl (C=O) groups excluding carboxylic acids is 4. The maximum atomic E-state index is 13.0. The Balaban J connectivity index is 1.55. The van der Waals surface area contributed by atoms with E-state index < -0.39 is 29.9 Å². The Labute approximate surface area is 176 Å². The molecule has 1 heterocycles. The predicted octanol–water partition coefficient (Wildman–Crippen LogP) is 2.36. The van der Waals surface area contributed by atoms with E-state index in [1.54, 1.807) is 30.3 Å². The number of rotatable bonds is 5. The second kappa shape index (κ2) is 8.45. The van der Waals surface area contributed by atoms with Gasteiger partial charge in [-0.1, -0.05) is 45.4 Å². The quantitative estimate of drug-likeness (QED) is 0.508. The number of hydrazine groups is 1. The summed E-state index contributed by atoms with van der Waals surface area (Å²) in [6.45, 7) is 6.21. The number of nitrogens with zero attached hydrogens (tertiary/aromatic N) is 1. The summed E-state index contributed by atoms with van der Waals surface area (Å²) in [4.78, 5) is 50.6. The van der Waals surface area contributed by atoms with Gasteiger partial charge in [0.2, 0.25) is 0 Å². The summed E-state index contributed by atoms with van der Waals surface area (Å²) in [5, 5.41) is 2.83. The summed E-state index contributed by atoms with van der Waals surface area (Å²) in [5.41, 5.74) is 4.23. The van der Waals surface area contributed by atoms with Gasteiger partial charge < -0.3 is 5.32 Å². The molecule has 2 aliphatic rings. The topological polar surface area (TPSA) is 108 Å². The smallest absolute Gasteiger partial charge is 0.323 e. The van der Waals surface area contributed by atoms with E-state index in [0.29, 0.717) is 24.3 Å². The number of imide groups is 1. The lowest BCUT2D eigenvalue weighted by molar-refractivity contribution is -0.136. The van der Waals surface area contributed by atoms with Gasteiger partial charge >= 0.3 is 6.03 Å². The van der Waals surface area contributed by atoms with Crippen LogP contribution in [0, 0.1) is 11.3 Å². The predicted molar refractivity (Wildman–Crippen MR) is 111 cm³/mol. The molecular weight excluding hydrogens is 384 g/mol. The van der Waals surface area contributed by atoms with Crippen molar-refractivity contribution in [1.29, 1.82) is 0 Å². The molecule has 0 unspecified atom stereocenters. The molecule has 5 amide bonds. The number of carbonyl (C=O) groups is 4. The summed E-state index contributed by atoms with van der Waals surface area (Å²) in [5.74, 6) is -0.969. The van der Waals surface area contributed by atoms with Crippen molar-refractivity contribution in [3.63, 3.8) is 0 Å². The monoisotopic (exact) mass is 414 g/mol. The molecule has 162 valence electrons. The van der Waals surface area contributed by atoms with Gasteiger partial charge in [-0.05, 0) is 49.1 Å². The minimum atomic E-state index is -0.912. The van der Waals surface area contributed by atoms with Gasteiger partial charge in [-0.25, -0.2) is 4.79 Å². The molecule has 3 rings (SSSR count). The molecule has 1 saturated carbocycles. The normalized spacial score (nSPS) is 24.0. The van der Waals surface area contributed by atoms with Crippen LogP contribution in [0.15, 0.2) is 30.3 Å². The molecule has 0 bridgehead atoms. The molecular formula is C22H30N4O4. The van der Waals surface area contributed by atoms with Gasteiger partial charge in [0, 0.05) is 5.56 Å². The number of urea groups is 1. The number of amides is 5. The SMILES string of the molecule is CCC(C)(C)C1CCC2(CC1)NC(=O)N(CC(=O)NNC(=O)c1ccccc1)C2=O. The number of hydrogen-bond acceptors (Lipinski definition) is 4. The maximum Gasteiger partial charge on any atom is 0.325 e. The highest BCUT2D eigenvalue weighted by Gasteiger charge is 2.53. The average Bonchev–Trinajstić information content (AvgIpc) is 2.97. The van der Waals surface area contributed by atoms with Crippen LogP contribution in [0.1, 0.15) is 63.2 Å². The number of benzene rings is 1. The van der Waals surface area contributed by atoms with Gasteiger partial charge in [0.1, 0.15) is 12.1 Å². The van der Waals surface area contributed by atoms with Crippen LogP contribution in [-0.2, 0) is 9.59 Å². The first-order chi connectivity index (χ1) is 14.2. The van der Waals surface area contributed by atoms with Crippen LogP contribution in [0.2, 0.25) is 0 Å². The third-order valence-electron chi connectivity index (χ3n) is 6.75. The van der Waals surface area contributed by atoms with Crippen LogP contribution in [0.4, 0.5) is 4.79 Å². The molecule has 1 spiro atoms. The van der Waals surface area contributed by atoms with E-state index in [-0.39, 0.29) is 11.3 Å². The molecule has 0 radical (unpaired) electrons. The highest BCUT2D eigenvalue weighted by molar-refractivity contribution is 6.09. The van der Waals surface area contributed by atoms with Crippen LogP contribution >= 0.6 is 0 Å². The zero-order valence-corrected chi connectivity index (χ0v) is 17.8. The van der Waals surface area contributed by atoms with E-state index in [1.165, 1.54) is 0 Å². The Kier molecular flexibility index (Phi) is 6.14. The molecule has 8 heteroatoms. The van der Waals surface area contributed by atoms with Crippen molar-refractivity contribution in [1.82, 2.24) is 21.1 Å². The lowest BCUT2D eigenvalue weighted by Gasteiger charge is -2.42. The lowest BCUT2D eigenvalue weighted by Crippen LogP contribution is -2.51. The first kappa shape index (κ1) is 21.8. The highest BCUT2D eigenvalue weighted by atomic mass is 16.2. The van der Waals surface area contributed by atoms with Crippen LogP contribution in [0.5, 0.6) is 0 Å². The Bertz CT molecular complexity index is 829. The summed E-state index contributed by atoms with van der Waals surface area (Å²) in [7, 11) is 0. The van der Waals surface area contributed by atoms with E-state index in [0.717, 1.165) is 24.2 Å².